The molecule has 116 valence electrons. The summed E-state index contributed by atoms with van der Waals surface area (Å²) in [6, 6.07) is 3.48. The molecule has 0 saturated carbocycles. The van der Waals surface area contributed by atoms with Crippen LogP contribution in [0, 0.1) is 0 Å². The molecule has 0 aliphatic carbocycles. The van der Waals surface area contributed by atoms with Gasteiger partial charge in [0.1, 0.15) is 13.2 Å². The number of benzene rings is 1. The van der Waals surface area contributed by atoms with E-state index >= 15 is 0 Å². The van der Waals surface area contributed by atoms with E-state index in [9.17, 15) is 4.79 Å². The average molecular weight is 293 g/mol. The largest absolute Gasteiger partial charge is 0.493 e. The monoisotopic (exact) mass is 293 g/mol. The molecule has 0 N–H and O–H groups in total. The van der Waals surface area contributed by atoms with Gasteiger partial charge in [-0.15, -0.1) is 0 Å². The lowest BCUT2D eigenvalue weighted by Crippen LogP contribution is -2.32. The fraction of sp³-hybridized carbons (Fsp3) is 0.562. The molecule has 0 bridgehead atoms. The Kier molecular flexibility index (Phi) is 5.31. The second-order valence-electron chi connectivity index (χ2n) is 4.99. The molecule has 2 rings (SSSR count). The van der Waals surface area contributed by atoms with Crippen LogP contribution in [0.2, 0.25) is 0 Å². The van der Waals surface area contributed by atoms with Crippen molar-refractivity contribution in [2.75, 3.05) is 33.4 Å². The first-order valence-electron chi connectivity index (χ1n) is 7.48. The van der Waals surface area contributed by atoms with Gasteiger partial charge in [-0.2, -0.15) is 0 Å². The van der Waals surface area contributed by atoms with E-state index in [0.717, 1.165) is 25.9 Å². The second kappa shape index (κ2) is 7.20. The van der Waals surface area contributed by atoms with Crippen LogP contribution in [0.25, 0.3) is 0 Å². The van der Waals surface area contributed by atoms with Crippen molar-refractivity contribution in [2.45, 2.75) is 26.7 Å². The zero-order valence-corrected chi connectivity index (χ0v) is 13.0. The number of hydrogen-bond donors (Lipinski definition) is 0. The van der Waals surface area contributed by atoms with Gasteiger partial charge in [0.25, 0.3) is 5.91 Å². The molecule has 1 aromatic rings. The lowest BCUT2D eigenvalue weighted by atomic mass is 10.1. The summed E-state index contributed by atoms with van der Waals surface area (Å²) >= 11 is 0. The summed E-state index contributed by atoms with van der Waals surface area (Å²) in [5.41, 5.74) is 0.581. The number of rotatable bonds is 6. The fourth-order valence-corrected chi connectivity index (χ4v) is 2.43. The molecule has 0 saturated heterocycles. The first-order chi connectivity index (χ1) is 10.2. The van der Waals surface area contributed by atoms with Gasteiger partial charge in [0.15, 0.2) is 11.5 Å². The highest BCUT2D eigenvalue weighted by Gasteiger charge is 2.23. The Morgan fingerprint density at radius 3 is 2.48 bits per heavy atom. The number of hydrogen-bond acceptors (Lipinski definition) is 4. The summed E-state index contributed by atoms with van der Waals surface area (Å²) in [5, 5.41) is 0. The third-order valence-electron chi connectivity index (χ3n) is 3.35. The third-order valence-corrected chi connectivity index (χ3v) is 3.35. The molecule has 5 nitrogen and oxygen atoms in total. The van der Waals surface area contributed by atoms with Crippen molar-refractivity contribution in [2.24, 2.45) is 0 Å². The first-order valence-corrected chi connectivity index (χ1v) is 7.48. The van der Waals surface area contributed by atoms with E-state index in [1.54, 1.807) is 19.2 Å². The van der Waals surface area contributed by atoms with Crippen molar-refractivity contribution in [3.63, 3.8) is 0 Å². The van der Waals surface area contributed by atoms with Crippen molar-refractivity contribution in [3.8, 4) is 17.2 Å². The van der Waals surface area contributed by atoms with Gasteiger partial charge in [-0.1, -0.05) is 13.8 Å². The number of carbonyl (C=O) groups is 1. The number of carbonyl (C=O) groups excluding carboxylic acids is 1. The lowest BCUT2D eigenvalue weighted by Gasteiger charge is -2.24. The van der Waals surface area contributed by atoms with Crippen molar-refractivity contribution < 1.29 is 19.0 Å². The Hall–Kier alpha value is -1.91. The molecule has 0 aromatic heterocycles. The van der Waals surface area contributed by atoms with Crippen molar-refractivity contribution in [1.82, 2.24) is 4.90 Å². The molecule has 0 unspecified atom stereocenters. The van der Waals surface area contributed by atoms with Crippen LogP contribution < -0.4 is 14.2 Å². The quantitative estimate of drug-likeness (QED) is 0.809. The van der Waals surface area contributed by atoms with Crippen molar-refractivity contribution in [3.05, 3.63) is 17.7 Å². The topological polar surface area (TPSA) is 48.0 Å². The summed E-state index contributed by atoms with van der Waals surface area (Å²) in [6.45, 7) is 6.63. The molecule has 1 aromatic carbocycles. The van der Waals surface area contributed by atoms with Crippen LogP contribution >= 0.6 is 0 Å². The summed E-state index contributed by atoms with van der Waals surface area (Å²) in [5.74, 6) is 1.72. The minimum atomic E-state index is 0.00831. The van der Waals surface area contributed by atoms with Gasteiger partial charge < -0.3 is 19.1 Å². The van der Waals surface area contributed by atoms with Gasteiger partial charge in [-0.25, -0.2) is 0 Å². The third kappa shape index (κ3) is 3.40. The van der Waals surface area contributed by atoms with Crippen LogP contribution in [0.1, 0.15) is 37.0 Å². The molecule has 21 heavy (non-hydrogen) atoms. The van der Waals surface area contributed by atoms with Crippen LogP contribution in [0.4, 0.5) is 0 Å². The fourth-order valence-electron chi connectivity index (χ4n) is 2.43. The summed E-state index contributed by atoms with van der Waals surface area (Å²) in [6.07, 6.45) is 1.88. The van der Waals surface area contributed by atoms with Crippen molar-refractivity contribution >= 4 is 5.91 Å². The van der Waals surface area contributed by atoms with E-state index < -0.39 is 0 Å². The molecule has 1 aliphatic rings. The van der Waals surface area contributed by atoms with Crippen molar-refractivity contribution in [1.29, 1.82) is 0 Å². The van der Waals surface area contributed by atoms with Crippen LogP contribution in [0.15, 0.2) is 12.1 Å². The van der Waals surface area contributed by atoms with E-state index in [-0.39, 0.29) is 5.91 Å². The summed E-state index contributed by atoms with van der Waals surface area (Å²) < 4.78 is 16.5. The Balaban J connectivity index is 2.32. The van der Waals surface area contributed by atoms with Crippen LogP contribution in [-0.2, 0) is 0 Å². The molecule has 0 atom stereocenters. The summed E-state index contributed by atoms with van der Waals surface area (Å²) in [7, 11) is 1.57. The number of ether oxygens (including phenoxy) is 3. The Morgan fingerprint density at radius 1 is 1.19 bits per heavy atom. The molecule has 5 heteroatoms. The van der Waals surface area contributed by atoms with Gasteiger partial charge >= 0.3 is 0 Å². The normalized spacial score (nSPS) is 12.9. The highest BCUT2D eigenvalue weighted by atomic mass is 16.6. The Morgan fingerprint density at radius 2 is 1.86 bits per heavy atom. The van der Waals surface area contributed by atoms with E-state index in [1.165, 1.54) is 0 Å². The standard InChI is InChI=1S/C16H23NO4/c1-4-6-17(7-5-2)16(18)12-10-13(19-3)15-14(11-12)20-8-9-21-15/h10-11H,4-9H2,1-3H3. The maximum atomic E-state index is 12.7. The average Bonchev–Trinajstić information content (AvgIpc) is 2.52. The lowest BCUT2D eigenvalue weighted by molar-refractivity contribution is 0.0753. The Labute approximate surface area is 125 Å². The molecule has 1 aliphatic heterocycles. The molecular weight excluding hydrogens is 270 g/mol. The predicted molar refractivity (Wildman–Crippen MR) is 80.5 cm³/mol. The molecule has 0 radical (unpaired) electrons. The van der Waals surface area contributed by atoms with Gasteiger partial charge in [0, 0.05) is 18.7 Å². The zero-order valence-electron chi connectivity index (χ0n) is 13.0. The molecule has 1 heterocycles. The van der Waals surface area contributed by atoms with Gasteiger partial charge in [0.2, 0.25) is 5.75 Å². The van der Waals surface area contributed by atoms with Gasteiger partial charge in [-0.3, -0.25) is 4.79 Å². The zero-order chi connectivity index (χ0) is 15.2. The maximum Gasteiger partial charge on any atom is 0.254 e. The SMILES string of the molecule is CCCN(CCC)C(=O)c1cc(OC)c2c(c1)OCCO2. The smallest absolute Gasteiger partial charge is 0.254 e. The maximum absolute atomic E-state index is 12.7. The molecule has 1 amide bonds. The highest BCUT2D eigenvalue weighted by Crippen LogP contribution is 2.40. The first kappa shape index (κ1) is 15.5. The summed E-state index contributed by atoms with van der Waals surface area (Å²) in [4.78, 5) is 14.5. The molecular formula is C16H23NO4. The van der Waals surface area contributed by atoms with Crippen LogP contribution in [-0.4, -0.2) is 44.2 Å². The highest BCUT2D eigenvalue weighted by molar-refractivity contribution is 5.95. The number of nitrogens with zero attached hydrogens (tertiary/aromatic N) is 1. The molecule has 0 fully saturated rings. The van der Waals surface area contributed by atoms with Crippen LogP contribution in [0.3, 0.4) is 0 Å². The minimum absolute atomic E-state index is 0.00831. The number of fused-ring (bicyclic) bond motifs is 1. The molecule has 0 spiro atoms. The van der Waals surface area contributed by atoms with E-state index in [1.807, 2.05) is 4.90 Å². The van der Waals surface area contributed by atoms with Crippen LogP contribution in [0.5, 0.6) is 17.2 Å². The number of methoxy groups -OCH3 is 1. The minimum Gasteiger partial charge on any atom is -0.493 e. The Bertz CT molecular complexity index is 478. The van der Waals surface area contributed by atoms with E-state index in [2.05, 4.69) is 13.8 Å². The van der Waals surface area contributed by atoms with Gasteiger partial charge in [-0.05, 0) is 25.0 Å². The number of amides is 1. The van der Waals surface area contributed by atoms with E-state index in [0.29, 0.717) is 36.0 Å². The predicted octanol–water partition coefficient (Wildman–Crippen LogP) is 2.73. The van der Waals surface area contributed by atoms with E-state index in [4.69, 9.17) is 14.2 Å². The second-order valence-corrected chi connectivity index (χ2v) is 4.99. The van der Waals surface area contributed by atoms with Gasteiger partial charge in [0.05, 0.1) is 7.11 Å².